The fourth-order valence-corrected chi connectivity index (χ4v) is 1.81. The SMILES string of the molecule is O=[N+]([O-])c1cc2c(cc1/C=N/Nc1ccccn1)OCO2. The summed E-state index contributed by atoms with van der Waals surface area (Å²) in [4.78, 5) is 14.6. The lowest BCUT2D eigenvalue weighted by Crippen LogP contribution is -1.97. The second-order valence-corrected chi connectivity index (χ2v) is 4.11. The number of nitrogens with zero attached hydrogens (tertiary/aromatic N) is 3. The molecule has 8 heteroatoms. The van der Waals surface area contributed by atoms with Gasteiger partial charge in [0.15, 0.2) is 11.5 Å². The first-order chi connectivity index (χ1) is 10.2. The van der Waals surface area contributed by atoms with Gasteiger partial charge in [0, 0.05) is 6.20 Å². The van der Waals surface area contributed by atoms with E-state index in [0.29, 0.717) is 22.9 Å². The summed E-state index contributed by atoms with van der Waals surface area (Å²) in [6.07, 6.45) is 2.95. The number of pyridine rings is 1. The summed E-state index contributed by atoms with van der Waals surface area (Å²) in [6, 6.07) is 8.14. The summed E-state index contributed by atoms with van der Waals surface area (Å²) in [7, 11) is 0. The average Bonchev–Trinajstić information content (AvgIpc) is 2.94. The monoisotopic (exact) mass is 286 g/mol. The summed E-state index contributed by atoms with van der Waals surface area (Å²) in [5.74, 6) is 1.36. The van der Waals surface area contributed by atoms with Gasteiger partial charge in [0.2, 0.25) is 6.79 Å². The van der Waals surface area contributed by atoms with E-state index in [0.717, 1.165) is 0 Å². The van der Waals surface area contributed by atoms with E-state index in [4.69, 9.17) is 9.47 Å². The van der Waals surface area contributed by atoms with Gasteiger partial charge in [-0.05, 0) is 18.2 Å². The zero-order valence-electron chi connectivity index (χ0n) is 10.7. The molecule has 0 radical (unpaired) electrons. The molecule has 3 rings (SSSR count). The molecule has 21 heavy (non-hydrogen) atoms. The predicted octanol–water partition coefficient (Wildman–Crippen LogP) is 2.16. The van der Waals surface area contributed by atoms with Crippen LogP contribution in [0.1, 0.15) is 5.56 Å². The van der Waals surface area contributed by atoms with Gasteiger partial charge in [-0.3, -0.25) is 15.5 Å². The quantitative estimate of drug-likeness (QED) is 0.525. The molecule has 1 aromatic carbocycles. The molecule has 0 bridgehead atoms. The molecule has 0 spiro atoms. The van der Waals surface area contributed by atoms with Crippen LogP contribution >= 0.6 is 0 Å². The lowest BCUT2D eigenvalue weighted by Gasteiger charge is -2.01. The topological polar surface area (TPSA) is 98.9 Å². The summed E-state index contributed by atoms with van der Waals surface area (Å²) in [6.45, 7) is 0.0548. The fraction of sp³-hybridized carbons (Fsp3) is 0.0769. The molecule has 0 fully saturated rings. The van der Waals surface area contributed by atoms with Gasteiger partial charge >= 0.3 is 0 Å². The average molecular weight is 286 g/mol. The maximum atomic E-state index is 11.1. The Morgan fingerprint density at radius 2 is 2.14 bits per heavy atom. The molecule has 0 aliphatic carbocycles. The Kier molecular flexibility index (Phi) is 3.34. The molecular weight excluding hydrogens is 276 g/mol. The predicted molar refractivity (Wildman–Crippen MR) is 74.7 cm³/mol. The highest BCUT2D eigenvalue weighted by molar-refractivity contribution is 5.87. The summed E-state index contributed by atoms with van der Waals surface area (Å²) >= 11 is 0. The van der Waals surface area contributed by atoms with Gasteiger partial charge in [0.1, 0.15) is 5.82 Å². The Bertz CT molecular complexity index is 703. The van der Waals surface area contributed by atoms with Crippen LogP contribution in [0.15, 0.2) is 41.6 Å². The fourth-order valence-electron chi connectivity index (χ4n) is 1.81. The van der Waals surface area contributed by atoms with E-state index >= 15 is 0 Å². The van der Waals surface area contributed by atoms with E-state index in [1.54, 1.807) is 24.4 Å². The first kappa shape index (κ1) is 12.9. The van der Waals surface area contributed by atoms with E-state index in [9.17, 15) is 10.1 Å². The number of nitro benzene ring substituents is 1. The van der Waals surface area contributed by atoms with Crippen LogP contribution in [0.4, 0.5) is 11.5 Å². The Morgan fingerprint density at radius 3 is 2.86 bits per heavy atom. The maximum Gasteiger partial charge on any atom is 0.282 e. The number of benzene rings is 1. The molecular formula is C13H10N4O4. The van der Waals surface area contributed by atoms with Crippen LogP contribution in [0.25, 0.3) is 0 Å². The van der Waals surface area contributed by atoms with Crippen molar-refractivity contribution < 1.29 is 14.4 Å². The third-order valence-electron chi connectivity index (χ3n) is 2.77. The van der Waals surface area contributed by atoms with E-state index in [-0.39, 0.29) is 12.5 Å². The zero-order valence-corrected chi connectivity index (χ0v) is 10.7. The van der Waals surface area contributed by atoms with Gasteiger partial charge in [0.25, 0.3) is 5.69 Å². The molecule has 0 amide bonds. The van der Waals surface area contributed by atoms with Crippen LogP contribution in [-0.2, 0) is 0 Å². The highest BCUT2D eigenvalue weighted by atomic mass is 16.7. The summed E-state index contributed by atoms with van der Waals surface area (Å²) in [5.41, 5.74) is 2.90. The number of ether oxygens (including phenoxy) is 2. The minimum Gasteiger partial charge on any atom is -0.454 e. The third kappa shape index (κ3) is 2.73. The molecule has 1 aliphatic rings. The van der Waals surface area contributed by atoms with Crippen molar-refractivity contribution >= 4 is 17.7 Å². The molecule has 1 aliphatic heterocycles. The minimum absolute atomic E-state index is 0.0548. The number of aromatic nitrogens is 1. The van der Waals surface area contributed by atoms with E-state index in [1.807, 2.05) is 0 Å². The van der Waals surface area contributed by atoms with Gasteiger partial charge in [-0.1, -0.05) is 6.07 Å². The van der Waals surface area contributed by atoms with Crippen LogP contribution in [0.3, 0.4) is 0 Å². The zero-order chi connectivity index (χ0) is 14.7. The lowest BCUT2D eigenvalue weighted by atomic mass is 10.1. The van der Waals surface area contributed by atoms with Crippen LogP contribution in [0.5, 0.6) is 11.5 Å². The van der Waals surface area contributed by atoms with Crippen molar-refractivity contribution in [3.8, 4) is 11.5 Å². The van der Waals surface area contributed by atoms with E-state index in [2.05, 4.69) is 15.5 Å². The largest absolute Gasteiger partial charge is 0.454 e. The molecule has 0 unspecified atom stereocenters. The number of anilines is 1. The highest BCUT2D eigenvalue weighted by Gasteiger charge is 2.22. The van der Waals surface area contributed by atoms with Gasteiger partial charge in [-0.15, -0.1) is 0 Å². The molecule has 8 nitrogen and oxygen atoms in total. The molecule has 0 saturated carbocycles. The minimum atomic E-state index is -0.496. The molecule has 0 atom stereocenters. The maximum absolute atomic E-state index is 11.1. The van der Waals surface area contributed by atoms with Crippen molar-refractivity contribution in [1.82, 2.24) is 4.98 Å². The highest BCUT2D eigenvalue weighted by Crippen LogP contribution is 2.37. The van der Waals surface area contributed by atoms with Crippen molar-refractivity contribution in [2.75, 3.05) is 12.2 Å². The number of nitro groups is 1. The number of fused-ring (bicyclic) bond motifs is 1. The number of nitrogens with one attached hydrogen (secondary N) is 1. The third-order valence-corrected chi connectivity index (χ3v) is 2.77. The normalized spacial score (nSPS) is 12.6. The van der Waals surface area contributed by atoms with Gasteiger partial charge in [0.05, 0.1) is 22.8 Å². The van der Waals surface area contributed by atoms with Crippen LogP contribution < -0.4 is 14.9 Å². The Labute approximate surface area is 119 Å². The van der Waals surface area contributed by atoms with Crippen molar-refractivity contribution in [3.63, 3.8) is 0 Å². The number of hydrazone groups is 1. The Morgan fingerprint density at radius 1 is 1.33 bits per heavy atom. The standard InChI is InChI=1S/C13H10N4O4/c18-17(19)10-6-12-11(20-8-21-12)5-9(10)7-15-16-13-3-1-2-4-14-13/h1-7H,8H2,(H,14,16)/b15-7+. The van der Waals surface area contributed by atoms with Gasteiger partial charge < -0.3 is 9.47 Å². The van der Waals surface area contributed by atoms with Crippen molar-refractivity contribution in [2.24, 2.45) is 5.10 Å². The molecule has 2 heterocycles. The van der Waals surface area contributed by atoms with E-state index in [1.165, 1.54) is 18.3 Å². The van der Waals surface area contributed by atoms with Crippen molar-refractivity contribution in [3.05, 3.63) is 52.2 Å². The summed E-state index contributed by atoms with van der Waals surface area (Å²) < 4.78 is 10.3. The second kappa shape index (κ2) is 5.45. The van der Waals surface area contributed by atoms with Crippen LogP contribution in [-0.4, -0.2) is 22.9 Å². The molecule has 2 aromatic rings. The Hall–Kier alpha value is -3.16. The first-order valence-corrected chi connectivity index (χ1v) is 6.02. The number of rotatable bonds is 4. The van der Waals surface area contributed by atoms with Crippen molar-refractivity contribution in [2.45, 2.75) is 0 Å². The Balaban J connectivity index is 1.85. The number of hydrogen-bond donors (Lipinski definition) is 1. The summed E-state index contributed by atoms with van der Waals surface area (Å²) in [5, 5.41) is 15.0. The van der Waals surface area contributed by atoms with Crippen molar-refractivity contribution in [1.29, 1.82) is 0 Å². The molecule has 1 aromatic heterocycles. The van der Waals surface area contributed by atoms with Crippen LogP contribution in [0, 0.1) is 10.1 Å². The molecule has 106 valence electrons. The lowest BCUT2D eigenvalue weighted by molar-refractivity contribution is -0.385. The van der Waals surface area contributed by atoms with Crippen LogP contribution in [0.2, 0.25) is 0 Å². The first-order valence-electron chi connectivity index (χ1n) is 6.02. The van der Waals surface area contributed by atoms with Gasteiger partial charge in [-0.25, -0.2) is 4.98 Å². The second-order valence-electron chi connectivity index (χ2n) is 4.11. The van der Waals surface area contributed by atoms with E-state index < -0.39 is 4.92 Å². The van der Waals surface area contributed by atoms with Gasteiger partial charge in [-0.2, -0.15) is 5.10 Å². The molecule has 1 N–H and O–H groups in total. The smallest absolute Gasteiger partial charge is 0.282 e. The number of hydrogen-bond acceptors (Lipinski definition) is 7. The molecule has 0 saturated heterocycles.